The highest BCUT2D eigenvalue weighted by atomic mass is 79.9. The molecule has 1 amide bonds. The summed E-state index contributed by atoms with van der Waals surface area (Å²) in [5.74, 6) is 0.274. The van der Waals surface area contributed by atoms with Gasteiger partial charge in [0.2, 0.25) is 4.93 Å². The molecule has 1 atom stereocenters. The van der Waals surface area contributed by atoms with Gasteiger partial charge in [-0.3, -0.25) is 4.79 Å². The minimum Gasteiger partial charge on any atom is -0.494 e. The number of nitrogens with zero attached hydrogens (tertiary/aromatic N) is 1. The number of hydrogen-bond acceptors (Lipinski definition) is 4. The van der Waals surface area contributed by atoms with Gasteiger partial charge in [0.25, 0.3) is 5.91 Å². The van der Waals surface area contributed by atoms with E-state index in [1.807, 2.05) is 37.3 Å². The predicted molar refractivity (Wildman–Crippen MR) is 95.8 cm³/mol. The number of carbonyl (C=O) groups excluding carboxylic acids is 1. The van der Waals surface area contributed by atoms with Crippen LogP contribution in [0.3, 0.4) is 0 Å². The van der Waals surface area contributed by atoms with Crippen LogP contribution in [0.4, 0.5) is 5.69 Å². The second-order valence-corrected chi connectivity index (χ2v) is 6.83. The van der Waals surface area contributed by atoms with Gasteiger partial charge in [-0.2, -0.15) is 0 Å². The Hall–Kier alpha value is -1.50. The summed E-state index contributed by atoms with van der Waals surface area (Å²) in [5, 5.41) is 10.5. The highest BCUT2D eigenvalue weighted by Gasteiger charge is 2.47. The molecular weight excluding hydrogens is 378 g/mol. The SMILES string of the molecule is CCOc1ccccc1CN1C(=O)[C@](O)(S)c2cc(Br)ccc21. The monoisotopic (exact) mass is 393 g/mol. The first-order valence-corrected chi connectivity index (χ1v) is 8.46. The molecule has 3 rings (SSSR count). The van der Waals surface area contributed by atoms with Gasteiger partial charge in [0.1, 0.15) is 5.75 Å². The second-order valence-electron chi connectivity index (χ2n) is 5.27. The Labute approximate surface area is 148 Å². The summed E-state index contributed by atoms with van der Waals surface area (Å²) in [5.41, 5.74) is 2.01. The Kier molecular flexibility index (Phi) is 4.40. The molecule has 0 fully saturated rings. The molecule has 0 bridgehead atoms. The van der Waals surface area contributed by atoms with Crippen molar-refractivity contribution in [1.29, 1.82) is 0 Å². The van der Waals surface area contributed by atoms with E-state index < -0.39 is 10.8 Å². The number of aliphatic hydroxyl groups is 1. The first-order valence-electron chi connectivity index (χ1n) is 7.22. The van der Waals surface area contributed by atoms with Crippen LogP contribution in [-0.2, 0) is 16.3 Å². The average molecular weight is 394 g/mol. The molecule has 2 aromatic rings. The number of fused-ring (bicyclic) bond motifs is 1. The highest BCUT2D eigenvalue weighted by Crippen LogP contribution is 2.44. The van der Waals surface area contributed by atoms with Crippen LogP contribution >= 0.6 is 28.6 Å². The number of anilines is 1. The number of thiol groups is 1. The number of benzene rings is 2. The van der Waals surface area contributed by atoms with Gasteiger partial charge in [0, 0.05) is 15.6 Å². The Bertz CT molecular complexity index is 763. The van der Waals surface area contributed by atoms with Crippen molar-refractivity contribution in [2.24, 2.45) is 0 Å². The molecule has 0 radical (unpaired) electrons. The first kappa shape index (κ1) is 16.4. The van der Waals surface area contributed by atoms with Crippen molar-refractivity contribution >= 4 is 40.2 Å². The lowest BCUT2D eigenvalue weighted by atomic mass is 10.1. The molecule has 1 aliphatic rings. The molecular formula is C17H16BrNO3S. The van der Waals surface area contributed by atoms with E-state index >= 15 is 0 Å². The number of carbonyl (C=O) groups is 1. The molecule has 0 saturated carbocycles. The van der Waals surface area contributed by atoms with Crippen LogP contribution < -0.4 is 9.64 Å². The molecule has 2 aromatic carbocycles. The fraction of sp³-hybridized carbons (Fsp3) is 0.235. The van der Waals surface area contributed by atoms with Crippen molar-refractivity contribution in [2.45, 2.75) is 18.4 Å². The number of ether oxygens (including phenoxy) is 1. The van der Waals surface area contributed by atoms with Gasteiger partial charge in [0.05, 0.1) is 18.8 Å². The number of rotatable bonds is 4. The molecule has 1 N–H and O–H groups in total. The van der Waals surface area contributed by atoms with Crippen molar-refractivity contribution in [3.63, 3.8) is 0 Å². The Morgan fingerprint density at radius 2 is 2.04 bits per heavy atom. The molecule has 0 spiro atoms. The minimum atomic E-state index is -1.82. The largest absolute Gasteiger partial charge is 0.494 e. The van der Waals surface area contributed by atoms with Gasteiger partial charge >= 0.3 is 0 Å². The molecule has 0 unspecified atom stereocenters. The summed E-state index contributed by atoms with van der Waals surface area (Å²) in [6.45, 7) is 2.77. The zero-order chi connectivity index (χ0) is 16.6. The van der Waals surface area contributed by atoms with Crippen molar-refractivity contribution in [2.75, 3.05) is 11.5 Å². The quantitative estimate of drug-likeness (QED) is 0.617. The number of amides is 1. The minimum absolute atomic E-state index is 0.312. The lowest BCUT2D eigenvalue weighted by molar-refractivity contribution is -0.128. The van der Waals surface area contributed by atoms with Crippen molar-refractivity contribution < 1.29 is 14.6 Å². The Balaban J connectivity index is 2.01. The van der Waals surface area contributed by atoms with Crippen LogP contribution in [0.5, 0.6) is 5.75 Å². The lowest BCUT2D eigenvalue weighted by Gasteiger charge is -2.20. The standard InChI is InChI=1S/C17H16BrNO3S/c1-2-22-15-6-4-3-5-11(15)10-19-14-8-7-12(18)9-13(14)17(21,23)16(19)20/h3-9,21,23H,2,10H2,1H3/t17-/m1/s1. The Morgan fingerprint density at radius 3 is 2.78 bits per heavy atom. The predicted octanol–water partition coefficient (Wildman–Crippen LogP) is 3.47. The maximum Gasteiger partial charge on any atom is 0.274 e. The third kappa shape index (κ3) is 2.86. The zero-order valence-corrected chi connectivity index (χ0v) is 15.0. The summed E-state index contributed by atoms with van der Waals surface area (Å²) in [7, 11) is 0. The van der Waals surface area contributed by atoms with Gasteiger partial charge < -0.3 is 14.7 Å². The number of halogens is 1. The van der Waals surface area contributed by atoms with E-state index in [9.17, 15) is 9.90 Å². The van der Waals surface area contributed by atoms with E-state index in [1.165, 1.54) is 4.90 Å². The highest BCUT2D eigenvalue weighted by molar-refractivity contribution is 9.10. The Morgan fingerprint density at radius 1 is 1.30 bits per heavy atom. The van der Waals surface area contributed by atoms with E-state index in [4.69, 9.17) is 4.74 Å². The van der Waals surface area contributed by atoms with Crippen LogP contribution in [0.1, 0.15) is 18.1 Å². The molecule has 1 aliphatic heterocycles. The fourth-order valence-electron chi connectivity index (χ4n) is 2.69. The topological polar surface area (TPSA) is 49.8 Å². The van der Waals surface area contributed by atoms with Crippen LogP contribution in [0.15, 0.2) is 46.9 Å². The van der Waals surface area contributed by atoms with Crippen molar-refractivity contribution in [3.8, 4) is 5.75 Å². The van der Waals surface area contributed by atoms with Crippen LogP contribution in [-0.4, -0.2) is 17.6 Å². The van der Waals surface area contributed by atoms with E-state index in [0.29, 0.717) is 24.4 Å². The van der Waals surface area contributed by atoms with E-state index in [1.54, 1.807) is 12.1 Å². The molecule has 6 heteroatoms. The molecule has 120 valence electrons. The van der Waals surface area contributed by atoms with Gasteiger partial charge in [-0.25, -0.2) is 0 Å². The van der Waals surface area contributed by atoms with Crippen molar-refractivity contribution in [3.05, 3.63) is 58.1 Å². The third-order valence-electron chi connectivity index (χ3n) is 3.77. The van der Waals surface area contributed by atoms with Gasteiger partial charge in [0.15, 0.2) is 0 Å². The van der Waals surface area contributed by atoms with Crippen LogP contribution in [0.25, 0.3) is 0 Å². The summed E-state index contributed by atoms with van der Waals surface area (Å²) in [4.78, 5) is 12.3. The fourth-order valence-corrected chi connectivity index (χ4v) is 3.35. The first-order chi connectivity index (χ1) is 10.9. The maximum atomic E-state index is 12.6. The average Bonchev–Trinajstić information content (AvgIpc) is 2.70. The maximum absolute atomic E-state index is 12.6. The number of para-hydroxylation sites is 1. The third-order valence-corrected chi connectivity index (χ3v) is 4.69. The lowest BCUT2D eigenvalue weighted by Crippen LogP contribution is -2.36. The van der Waals surface area contributed by atoms with Gasteiger partial charge in [-0.05, 0) is 31.2 Å². The molecule has 1 heterocycles. The summed E-state index contributed by atoms with van der Waals surface area (Å²) in [6, 6.07) is 12.9. The summed E-state index contributed by atoms with van der Waals surface area (Å²) < 4.78 is 6.40. The summed E-state index contributed by atoms with van der Waals surface area (Å²) in [6.07, 6.45) is 0. The summed E-state index contributed by atoms with van der Waals surface area (Å²) >= 11 is 7.54. The number of hydrogen-bond donors (Lipinski definition) is 2. The van der Waals surface area contributed by atoms with Gasteiger partial charge in [-0.1, -0.05) is 34.1 Å². The van der Waals surface area contributed by atoms with Crippen LogP contribution in [0.2, 0.25) is 0 Å². The van der Waals surface area contributed by atoms with E-state index in [-0.39, 0.29) is 0 Å². The van der Waals surface area contributed by atoms with E-state index in [0.717, 1.165) is 15.8 Å². The zero-order valence-electron chi connectivity index (χ0n) is 12.5. The van der Waals surface area contributed by atoms with Crippen LogP contribution in [0, 0.1) is 0 Å². The normalized spacial score (nSPS) is 19.8. The molecule has 0 saturated heterocycles. The molecule has 0 aliphatic carbocycles. The molecule has 0 aromatic heterocycles. The van der Waals surface area contributed by atoms with Gasteiger partial charge in [-0.15, -0.1) is 12.6 Å². The molecule has 23 heavy (non-hydrogen) atoms. The van der Waals surface area contributed by atoms with Crippen molar-refractivity contribution in [1.82, 2.24) is 0 Å². The molecule has 4 nitrogen and oxygen atoms in total. The smallest absolute Gasteiger partial charge is 0.274 e. The van der Waals surface area contributed by atoms with E-state index in [2.05, 4.69) is 28.6 Å². The second kappa shape index (κ2) is 6.19.